The van der Waals surface area contributed by atoms with Crippen LogP contribution in [0.15, 0.2) is 37.0 Å². The van der Waals surface area contributed by atoms with Crippen LogP contribution in [0.5, 0.6) is 0 Å². The van der Waals surface area contributed by atoms with Gasteiger partial charge in [0.15, 0.2) is 0 Å². The molecule has 65 heavy (non-hydrogen) atoms. The highest BCUT2D eigenvalue weighted by atomic mass is 16.2. The maximum absolute atomic E-state index is 13.4. The Morgan fingerprint density at radius 3 is 1.92 bits per heavy atom. The highest BCUT2D eigenvalue weighted by molar-refractivity contribution is 5.96. The molecule has 4 atom stereocenters. The molecule has 0 spiro atoms. The summed E-state index contributed by atoms with van der Waals surface area (Å²) in [6.07, 6.45) is 10.5. The van der Waals surface area contributed by atoms with Gasteiger partial charge in [0.25, 0.3) is 0 Å². The second-order valence-corrected chi connectivity index (χ2v) is 15.0. The average molecular weight is 917 g/mol. The van der Waals surface area contributed by atoms with Gasteiger partial charge in [0.05, 0.1) is 39.3 Å². The van der Waals surface area contributed by atoms with Crippen molar-refractivity contribution in [1.29, 1.82) is 0 Å². The van der Waals surface area contributed by atoms with Crippen LogP contribution < -0.4 is 64.2 Å². The summed E-state index contributed by atoms with van der Waals surface area (Å²) < 4.78 is 0. The molecule has 1 aliphatic heterocycles. The van der Waals surface area contributed by atoms with E-state index >= 15 is 0 Å². The van der Waals surface area contributed by atoms with Crippen LogP contribution in [0.1, 0.15) is 84.5 Å². The number of hydrogen-bond acceptors (Lipinski definition) is 12. The van der Waals surface area contributed by atoms with Crippen LogP contribution in [-0.4, -0.2) is 142 Å². The number of nitrogens with two attached hydrogens (primary N) is 1. The number of nitrogens with one attached hydrogen (secondary N) is 11. The maximum atomic E-state index is 13.4. The third kappa shape index (κ3) is 25.9. The predicted molar refractivity (Wildman–Crippen MR) is 238 cm³/mol. The monoisotopic (exact) mass is 917 g/mol. The quantitative estimate of drug-likeness (QED) is 0.0392. The van der Waals surface area contributed by atoms with Gasteiger partial charge >= 0.3 is 0 Å². The fourth-order valence-corrected chi connectivity index (χ4v) is 5.94. The van der Waals surface area contributed by atoms with E-state index in [1.165, 1.54) is 12.2 Å². The fourth-order valence-electron chi connectivity index (χ4n) is 5.94. The number of carbonyl (C=O) groups is 11. The van der Waals surface area contributed by atoms with Crippen LogP contribution in [-0.2, 0) is 52.7 Å². The number of hydrogen-bond donors (Lipinski definition) is 12. The van der Waals surface area contributed by atoms with E-state index in [1.54, 1.807) is 13.0 Å². The van der Waals surface area contributed by atoms with Crippen molar-refractivity contribution in [3.63, 3.8) is 0 Å². The van der Waals surface area contributed by atoms with Crippen molar-refractivity contribution >= 4 is 65.0 Å². The minimum atomic E-state index is -1.40. The molecule has 23 heteroatoms. The molecular weight excluding hydrogens is 849 g/mol. The molecule has 11 amide bonds. The third-order valence-corrected chi connectivity index (χ3v) is 9.50. The molecule has 1 saturated heterocycles. The second-order valence-electron chi connectivity index (χ2n) is 15.0. The molecule has 1 aliphatic rings. The summed E-state index contributed by atoms with van der Waals surface area (Å²) >= 11 is 0. The molecule has 0 aromatic heterocycles. The number of allylic oxidation sites excluding steroid dienone is 3. The Morgan fingerprint density at radius 2 is 1.28 bits per heavy atom. The van der Waals surface area contributed by atoms with E-state index in [0.717, 1.165) is 32.1 Å². The van der Waals surface area contributed by atoms with Crippen LogP contribution in [0, 0.1) is 0 Å². The van der Waals surface area contributed by atoms with Gasteiger partial charge < -0.3 is 64.2 Å². The van der Waals surface area contributed by atoms with Crippen molar-refractivity contribution in [3.8, 4) is 0 Å². The summed E-state index contributed by atoms with van der Waals surface area (Å²) in [6.45, 7) is 7.47. The van der Waals surface area contributed by atoms with Crippen molar-refractivity contribution in [2.24, 2.45) is 5.73 Å². The van der Waals surface area contributed by atoms with Crippen LogP contribution in [0.2, 0.25) is 0 Å². The molecule has 23 nitrogen and oxygen atoms in total. The fraction of sp³-hybridized carbons (Fsp3) is 0.595. The van der Waals surface area contributed by atoms with Crippen LogP contribution >= 0.6 is 0 Å². The summed E-state index contributed by atoms with van der Waals surface area (Å²) in [7, 11) is 0. The Balaban J connectivity index is 3.06. The van der Waals surface area contributed by atoms with E-state index in [0.29, 0.717) is 12.0 Å². The topological polar surface area (TPSA) is 346 Å². The lowest BCUT2D eigenvalue weighted by molar-refractivity contribution is -0.133. The van der Waals surface area contributed by atoms with Crippen molar-refractivity contribution in [2.45, 2.75) is 109 Å². The molecule has 0 radical (unpaired) electrons. The molecule has 1 heterocycles. The summed E-state index contributed by atoms with van der Waals surface area (Å²) in [5.41, 5.74) is 5.98. The highest BCUT2D eigenvalue weighted by Gasteiger charge is 2.27. The zero-order valence-electron chi connectivity index (χ0n) is 37.5. The lowest BCUT2D eigenvalue weighted by atomic mass is 10.1. The molecule has 0 bridgehead atoms. The Hall–Kier alpha value is -6.65. The highest BCUT2D eigenvalue weighted by Crippen LogP contribution is 2.08. The van der Waals surface area contributed by atoms with Gasteiger partial charge in [0.1, 0.15) is 24.2 Å². The number of unbranched alkanes of at least 4 members (excludes halogenated alkanes) is 5. The molecule has 13 N–H and O–H groups in total. The van der Waals surface area contributed by atoms with Gasteiger partial charge in [-0.1, -0.05) is 82.9 Å². The summed E-state index contributed by atoms with van der Waals surface area (Å²) in [4.78, 5) is 141. The van der Waals surface area contributed by atoms with E-state index in [4.69, 9.17) is 5.73 Å². The Labute approximate surface area is 379 Å². The van der Waals surface area contributed by atoms with E-state index in [-0.39, 0.29) is 57.6 Å². The van der Waals surface area contributed by atoms with E-state index in [2.05, 4.69) is 78.6 Å². The molecule has 0 aliphatic carbocycles. The second kappa shape index (κ2) is 32.9. The smallest absolute Gasteiger partial charge is 0.243 e. The zero-order chi connectivity index (χ0) is 48.6. The molecule has 0 aromatic carbocycles. The molecule has 362 valence electrons. The molecule has 1 rings (SSSR count). The Morgan fingerprint density at radius 1 is 0.708 bits per heavy atom. The first kappa shape index (κ1) is 56.4. The van der Waals surface area contributed by atoms with E-state index in [9.17, 15) is 52.7 Å². The summed E-state index contributed by atoms with van der Waals surface area (Å²) in [6, 6.07) is -4.95. The van der Waals surface area contributed by atoms with E-state index in [1.807, 2.05) is 0 Å². The van der Waals surface area contributed by atoms with Crippen LogP contribution in [0.3, 0.4) is 0 Å². The molecular formula is C42H68N12O11. The first-order chi connectivity index (χ1) is 31.0. The minimum absolute atomic E-state index is 0.0209. The minimum Gasteiger partial charge on any atom is -0.354 e. The average Bonchev–Trinajstić information content (AvgIpc) is 3.27. The largest absolute Gasteiger partial charge is 0.354 e. The number of rotatable bonds is 21. The van der Waals surface area contributed by atoms with Gasteiger partial charge in [0.2, 0.25) is 65.0 Å². The number of carbonyl (C=O) groups excluding carboxylic acids is 11. The Bertz CT molecular complexity index is 1720. The maximum Gasteiger partial charge on any atom is 0.243 e. The molecule has 0 aromatic rings. The van der Waals surface area contributed by atoms with Gasteiger partial charge in [-0.3, -0.25) is 52.7 Å². The van der Waals surface area contributed by atoms with Crippen LogP contribution in [0.25, 0.3) is 0 Å². The number of amides is 11. The van der Waals surface area contributed by atoms with E-state index < -0.39 is 116 Å². The normalized spacial score (nSPS) is 19.1. The molecule has 1 fully saturated rings. The van der Waals surface area contributed by atoms with Crippen molar-refractivity contribution in [3.05, 3.63) is 37.0 Å². The standard InChI is InChI=1S/C42H68N12O11/c1-5-8-10-11-12-13-15-32(55)45-23-35(58)51-28(7-3)39(62)48-24-37(60)53-30-17-19-44-33(56)21-46-34(57)22-47-40(63)29(16-18-43)52-36(59)25-50-42(65)31(20-27(4)14-9-6-2)54-38(61)26-49-41(30)64/h6,9,14,28-31H,2,4-5,7-8,10-13,15-26,43H2,1,3H3,(H,44,56)(H,45,55)(H,46,57)(H,47,63)(H,48,62)(H,49,64)(H,50,65)(H,51,58)(H,52,59)(H,53,60)(H,54,61)/b14-9-/t28-,29-,30-,31+/m0/s1. The first-order valence-corrected chi connectivity index (χ1v) is 21.8. The SMILES string of the molecule is C=C/C=C\C(=C)C[C@H]1NC(=O)CNC(=O)[C@@H](NC(=O)CNC(=O)[C@H](CC)NC(=O)CNC(=O)CCCCCCCC)CCNC(=O)CNC(=O)CNC(=O)[C@H](CCN)NC(=O)CNC1=O. The predicted octanol–water partition coefficient (Wildman–Crippen LogP) is -3.66. The first-order valence-electron chi connectivity index (χ1n) is 21.8. The molecule has 0 unspecified atom stereocenters. The van der Waals surface area contributed by atoms with Crippen molar-refractivity contribution in [1.82, 2.24) is 58.5 Å². The van der Waals surface area contributed by atoms with Crippen molar-refractivity contribution < 1.29 is 52.7 Å². The van der Waals surface area contributed by atoms with Gasteiger partial charge in [-0.15, -0.1) is 0 Å². The van der Waals surface area contributed by atoms with Gasteiger partial charge in [0, 0.05) is 19.4 Å². The van der Waals surface area contributed by atoms with Crippen LogP contribution in [0.4, 0.5) is 0 Å². The summed E-state index contributed by atoms with van der Waals surface area (Å²) in [5.74, 6) is -8.07. The zero-order valence-corrected chi connectivity index (χ0v) is 37.5. The van der Waals surface area contributed by atoms with Gasteiger partial charge in [-0.2, -0.15) is 0 Å². The van der Waals surface area contributed by atoms with Gasteiger partial charge in [-0.25, -0.2) is 0 Å². The van der Waals surface area contributed by atoms with Crippen molar-refractivity contribution in [2.75, 3.05) is 52.4 Å². The third-order valence-electron chi connectivity index (χ3n) is 9.50. The lowest BCUT2D eigenvalue weighted by Crippen LogP contribution is -2.55. The summed E-state index contributed by atoms with van der Waals surface area (Å²) in [5, 5.41) is 26.6. The Kier molecular flexibility index (Phi) is 28.6. The lowest BCUT2D eigenvalue weighted by Gasteiger charge is -2.21. The molecule has 0 saturated carbocycles. The van der Waals surface area contributed by atoms with Gasteiger partial charge in [-0.05, 0) is 32.2 Å².